The molecule has 2 rings (SSSR count). The molecule has 0 fully saturated rings. The van der Waals surface area contributed by atoms with Crippen LogP contribution < -0.4 is 10.1 Å². The first-order chi connectivity index (χ1) is 10.5. The highest BCUT2D eigenvalue weighted by Gasteiger charge is 2.09. The third-order valence-corrected chi connectivity index (χ3v) is 4.09. The molecule has 0 aliphatic carbocycles. The summed E-state index contributed by atoms with van der Waals surface area (Å²) in [5, 5.41) is 5.02. The minimum Gasteiger partial charge on any atom is -0.497 e. The fourth-order valence-corrected chi connectivity index (χ4v) is 2.55. The summed E-state index contributed by atoms with van der Waals surface area (Å²) in [6.07, 6.45) is 0. The van der Waals surface area contributed by atoms with Gasteiger partial charge in [0.05, 0.1) is 7.11 Å². The van der Waals surface area contributed by atoms with Crippen molar-refractivity contribution >= 4 is 46.2 Å². The Morgan fingerprint density at radius 3 is 2.68 bits per heavy atom. The summed E-state index contributed by atoms with van der Waals surface area (Å²) in [7, 11) is 3.53. The Balaban J connectivity index is 2.02. The normalized spacial score (nSPS) is 10.2. The smallest absolute Gasteiger partial charge is 0.173 e. The Morgan fingerprint density at radius 2 is 2.00 bits per heavy atom. The van der Waals surface area contributed by atoms with Crippen LogP contribution in [0.25, 0.3) is 0 Å². The van der Waals surface area contributed by atoms with E-state index in [0.29, 0.717) is 21.7 Å². The largest absolute Gasteiger partial charge is 0.497 e. The maximum absolute atomic E-state index is 6.19. The monoisotopic (exact) mass is 354 g/mol. The highest BCUT2D eigenvalue weighted by atomic mass is 35.5. The standard InChI is InChI=1S/C16H16Cl2N2OS/c1-20(10-11-6-7-12(17)8-15(11)18)16(22)19-13-4-3-5-14(9-13)21-2/h3-9H,10H2,1-2H3,(H,19,22). The number of nitrogens with one attached hydrogen (secondary N) is 1. The summed E-state index contributed by atoms with van der Waals surface area (Å²) in [6, 6.07) is 13.0. The van der Waals surface area contributed by atoms with E-state index in [1.165, 1.54) is 0 Å². The lowest BCUT2D eigenvalue weighted by molar-refractivity contribution is 0.415. The number of hydrogen-bond acceptors (Lipinski definition) is 2. The second-order valence-corrected chi connectivity index (χ2v) is 5.98. The molecule has 0 radical (unpaired) electrons. The van der Waals surface area contributed by atoms with Gasteiger partial charge < -0.3 is 15.0 Å². The molecule has 3 nitrogen and oxygen atoms in total. The summed E-state index contributed by atoms with van der Waals surface area (Å²) >= 11 is 17.5. The van der Waals surface area contributed by atoms with Crippen molar-refractivity contribution in [2.24, 2.45) is 0 Å². The van der Waals surface area contributed by atoms with Gasteiger partial charge in [-0.2, -0.15) is 0 Å². The molecule has 0 amide bonds. The fraction of sp³-hybridized carbons (Fsp3) is 0.188. The number of hydrogen-bond donors (Lipinski definition) is 1. The lowest BCUT2D eigenvalue weighted by atomic mass is 10.2. The number of ether oxygens (including phenoxy) is 1. The van der Waals surface area contributed by atoms with E-state index < -0.39 is 0 Å². The van der Waals surface area contributed by atoms with Crippen LogP contribution in [-0.4, -0.2) is 24.2 Å². The van der Waals surface area contributed by atoms with Gasteiger partial charge in [-0.1, -0.05) is 35.3 Å². The quantitative estimate of drug-likeness (QED) is 0.794. The van der Waals surface area contributed by atoms with Gasteiger partial charge in [0.1, 0.15) is 5.75 Å². The molecule has 2 aromatic carbocycles. The van der Waals surface area contributed by atoms with Gasteiger partial charge in [0, 0.05) is 35.4 Å². The summed E-state index contributed by atoms with van der Waals surface area (Å²) < 4.78 is 5.19. The van der Waals surface area contributed by atoms with Crippen LogP contribution in [-0.2, 0) is 6.54 Å². The molecule has 6 heteroatoms. The average molecular weight is 355 g/mol. The molecule has 0 spiro atoms. The molecule has 0 aliphatic heterocycles. The van der Waals surface area contributed by atoms with Crippen molar-refractivity contribution in [2.45, 2.75) is 6.54 Å². The number of thiocarbonyl (C=S) groups is 1. The van der Waals surface area contributed by atoms with E-state index in [1.54, 1.807) is 13.2 Å². The number of rotatable bonds is 4. The zero-order valence-corrected chi connectivity index (χ0v) is 14.6. The Morgan fingerprint density at radius 1 is 1.23 bits per heavy atom. The third-order valence-electron chi connectivity index (χ3n) is 3.09. The highest BCUT2D eigenvalue weighted by Crippen LogP contribution is 2.22. The summed E-state index contributed by atoms with van der Waals surface area (Å²) in [4.78, 5) is 1.91. The number of methoxy groups -OCH3 is 1. The van der Waals surface area contributed by atoms with Crippen molar-refractivity contribution in [3.63, 3.8) is 0 Å². The zero-order chi connectivity index (χ0) is 16.1. The first kappa shape index (κ1) is 16.9. The van der Waals surface area contributed by atoms with Gasteiger partial charge in [0.25, 0.3) is 0 Å². The van der Waals surface area contributed by atoms with Gasteiger partial charge in [-0.05, 0) is 42.0 Å². The molecule has 0 unspecified atom stereocenters. The number of nitrogens with zero attached hydrogens (tertiary/aromatic N) is 1. The van der Waals surface area contributed by atoms with Crippen LogP contribution in [0, 0.1) is 0 Å². The topological polar surface area (TPSA) is 24.5 Å². The van der Waals surface area contributed by atoms with Crippen LogP contribution in [0.15, 0.2) is 42.5 Å². The van der Waals surface area contributed by atoms with Crippen LogP contribution in [0.1, 0.15) is 5.56 Å². The van der Waals surface area contributed by atoms with Crippen molar-refractivity contribution in [1.82, 2.24) is 4.90 Å². The zero-order valence-electron chi connectivity index (χ0n) is 12.3. The maximum Gasteiger partial charge on any atom is 0.173 e. The summed E-state index contributed by atoms with van der Waals surface area (Å²) in [5.74, 6) is 0.774. The minimum atomic E-state index is 0.589. The van der Waals surface area contributed by atoms with Gasteiger partial charge in [-0.15, -0.1) is 0 Å². The third kappa shape index (κ3) is 4.50. The predicted molar refractivity (Wildman–Crippen MR) is 97.1 cm³/mol. The molecule has 1 N–H and O–H groups in total. The van der Waals surface area contributed by atoms with Crippen LogP contribution in [0.2, 0.25) is 10.0 Å². The van der Waals surface area contributed by atoms with Gasteiger partial charge in [-0.25, -0.2) is 0 Å². The minimum absolute atomic E-state index is 0.589. The summed E-state index contributed by atoms with van der Waals surface area (Å²) in [6.45, 7) is 0.589. The van der Waals surface area contributed by atoms with E-state index in [0.717, 1.165) is 17.0 Å². The Labute approximate surface area is 145 Å². The second kappa shape index (κ2) is 7.68. The molecule has 0 aromatic heterocycles. The van der Waals surface area contributed by atoms with Gasteiger partial charge in [0.15, 0.2) is 5.11 Å². The van der Waals surface area contributed by atoms with Gasteiger partial charge in [0.2, 0.25) is 0 Å². The van der Waals surface area contributed by atoms with E-state index in [1.807, 2.05) is 48.3 Å². The summed E-state index contributed by atoms with van der Waals surface area (Å²) in [5.41, 5.74) is 1.83. The SMILES string of the molecule is COc1cccc(NC(=S)N(C)Cc2ccc(Cl)cc2Cl)c1. The van der Waals surface area contributed by atoms with E-state index in [2.05, 4.69) is 5.32 Å². The van der Waals surface area contributed by atoms with Crippen LogP contribution in [0.3, 0.4) is 0 Å². The first-order valence-electron chi connectivity index (χ1n) is 6.59. The molecule has 0 saturated carbocycles. The Hall–Kier alpha value is -1.49. The molecule has 0 atom stereocenters. The molecule has 0 bridgehead atoms. The average Bonchev–Trinajstić information content (AvgIpc) is 2.50. The highest BCUT2D eigenvalue weighted by molar-refractivity contribution is 7.80. The molecule has 0 aliphatic rings. The van der Waals surface area contributed by atoms with Crippen LogP contribution in [0.5, 0.6) is 5.75 Å². The molecule has 0 saturated heterocycles. The van der Waals surface area contributed by atoms with Gasteiger partial charge >= 0.3 is 0 Å². The van der Waals surface area contributed by atoms with Crippen molar-refractivity contribution in [3.05, 3.63) is 58.1 Å². The Bertz CT molecular complexity index is 679. The van der Waals surface area contributed by atoms with E-state index >= 15 is 0 Å². The van der Waals surface area contributed by atoms with Crippen molar-refractivity contribution < 1.29 is 4.74 Å². The second-order valence-electron chi connectivity index (χ2n) is 4.75. The van der Waals surface area contributed by atoms with Crippen molar-refractivity contribution in [3.8, 4) is 5.75 Å². The molecule has 0 heterocycles. The fourth-order valence-electron chi connectivity index (χ4n) is 1.90. The first-order valence-corrected chi connectivity index (χ1v) is 7.76. The van der Waals surface area contributed by atoms with Gasteiger partial charge in [-0.3, -0.25) is 0 Å². The number of benzene rings is 2. The lowest BCUT2D eigenvalue weighted by Crippen LogP contribution is -2.30. The van der Waals surface area contributed by atoms with Crippen molar-refractivity contribution in [1.29, 1.82) is 0 Å². The Kier molecular flexibility index (Phi) is 5.89. The number of anilines is 1. The lowest BCUT2D eigenvalue weighted by Gasteiger charge is -2.22. The molecule has 2 aromatic rings. The van der Waals surface area contributed by atoms with E-state index in [-0.39, 0.29) is 0 Å². The van der Waals surface area contributed by atoms with E-state index in [4.69, 9.17) is 40.2 Å². The van der Waals surface area contributed by atoms with Crippen molar-refractivity contribution in [2.75, 3.05) is 19.5 Å². The predicted octanol–water partition coefficient (Wildman–Crippen LogP) is 4.83. The van der Waals surface area contributed by atoms with Crippen LogP contribution >= 0.6 is 35.4 Å². The number of halogens is 2. The molecular weight excluding hydrogens is 339 g/mol. The molecular formula is C16H16Cl2N2OS. The maximum atomic E-state index is 6.19. The molecule has 22 heavy (non-hydrogen) atoms. The van der Waals surface area contributed by atoms with Crippen LogP contribution in [0.4, 0.5) is 5.69 Å². The molecule has 116 valence electrons. The van der Waals surface area contributed by atoms with E-state index in [9.17, 15) is 0 Å².